The van der Waals surface area contributed by atoms with E-state index in [9.17, 15) is 49.7 Å². The largest absolute Gasteiger partial charge is 0.472 e. The molecule has 3 unspecified atom stereocenters. The predicted octanol–water partition coefficient (Wildman–Crippen LogP) is 8.14. The monoisotopic (exact) mass is 903 g/mol. The van der Waals surface area contributed by atoms with Gasteiger partial charge in [0.05, 0.1) is 12.7 Å². The Morgan fingerprint density at radius 3 is 1.47 bits per heavy atom. The van der Waals surface area contributed by atoms with Crippen molar-refractivity contribution in [1.82, 2.24) is 0 Å². The Balaban J connectivity index is 2.49. The molecule has 15 heteroatoms. The molecule has 1 saturated carbocycles. The lowest BCUT2D eigenvalue weighted by molar-refractivity contribution is -0.220. The molecule has 1 fully saturated rings. The molecule has 0 radical (unpaired) electrons. The van der Waals surface area contributed by atoms with Gasteiger partial charge in [0.15, 0.2) is 6.10 Å². The van der Waals surface area contributed by atoms with Crippen molar-refractivity contribution in [3.05, 3.63) is 48.6 Å². The van der Waals surface area contributed by atoms with Crippen molar-refractivity contribution >= 4 is 19.8 Å². The summed E-state index contributed by atoms with van der Waals surface area (Å²) in [5, 5.41) is 59.4. The van der Waals surface area contributed by atoms with E-state index >= 15 is 0 Å². The van der Waals surface area contributed by atoms with Gasteiger partial charge in [-0.1, -0.05) is 145 Å². The first-order valence-corrected chi connectivity index (χ1v) is 25.0. The van der Waals surface area contributed by atoms with Gasteiger partial charge >= 0.3 is 19.8 Å². The number of phosphoric ester groups is 1. The minimum Gasteiger partial charge on any atom is -0.462 e. The van der Waals surface area contributed by atoms with Gasteiger partial charge in [0.25, 0.3) is 0 Å². The van der Waals surface area contributed by atoms with Crippen LogP contribution in [0.5, 0.6) is 0 Å². The first-order chi connectivity index (χ1) is 29.8. The van der Waals surface area contributed by atoms with Crippen LogP contribution in [0.3, 0.4) is 0 Å². The quantitative estimate of drug-likeness (QED) is 0.0134. The van der Waals surface area contributed by atoms with Gasteiger partial charge in [0.1, 0.15) is 43.2 Å². The van der Waals surface area contributed by atoms with Gasteiger partial charge in [-0.3, -0.25) is 18.6 Å². The number of hydrogen-bond acceptors (Lipinski definition) is 13. The Morgan fingerprint density at radius 1 is 0.565 bits per heavy atom. The van der Waals surface area contributed by atoms with Crippen LogP contribution in [-0.4, -0.2) is 110 Å². The molecule has 0 aromatic heterocycles. The van der Waals surface area contributed by atoms with Gasteiger partial charge in [-0.2, -0.15) is 0 Å². The van der Waals surface area contributed by atoms with E-state index in [-0.39, 0.29) is 18.9 Å². The molecular weight excluding hydrogens is 819 g/mol. The molecule has 9 atom stereocenters. The highest BCUT2D eigenvalue weighted by Gasteiger charge is 2.51. The number of hydrogen-bond donors (Lipinski definition) is 7. The normalized spacial score (nSPS) is 22.8. The van der Waals surface area contributed by atoms with Crippen molar-refractivity contribution in [2.24, 2.45) is 0 Å². The predicted molar refractivity (Wildman–Crippen MR) is 241 cm³/mol. The fraction of sp³-hybridized carbons (Fsp3) is 0.787. The van der Waals surface area contributed by atoms with E-state index in [0.29, 0.717) is 19.3 Å². The molecule has 0 aliphatic heterocycles. The Morgan fingerprint density at radius 2 is 0.984 bits per heavy atom. The van der Waals surface area contributed by atoms with Crippen molar-refractivity contribution in [2.75, 3.05) is 13.2 Å². The molecule has 1 aliphatic carbocycles. The van der Waals surface area contributed by atoms with Crippen LogP contribution in [0.4, 0.5) is 0 Å². The van der Waals surface area contributed by atoms with Crippen LogP contribution in [0.15, 0.2) is 48.6 Å². The van der Waals surface area contributed by atoms with Crippen LogP contribution in [0.25, 0.3) is 0 Å². The summed E-state index contributed by atoms with van der Waals surface area (Å²) in [5.74, 6) is -1.18. The number of rotatable bonds is 38. The Labute approximate surface area is 372 Å². The van der Waals surface area contributed by atoms with E-state index in [0.717, 1.165) is 57.8 Å². The number of ether oxygens (including phenoxy) is 2. The minimum atomic E-state index is -5.14. The summed E-state index contributed by atoms with van der Waals surface area (Å²) in [6.07, 6.45) is 27.3. The number of allylic oxidation sites excluding steroid dienone is 8. The summed E-state index contributed by atoms with van der Waals surface area (Å²) >= 11 is 0. The summed E-state index contributed by atoms with van der Waals surface area (Å²) in [5.41, 5.74) is 0. The second kappa shape index (κ2) is 37.0. The molecule has 0 amide bonds. The summed E-state index contributed by atoms with van der Waals surface area (Å²) < 4.78 is 33.5. The number of unbranched alkanes of at least 4 members (excludes halogenated alkanes) is 16. The Bertz CT molecular complexity index is 1290. The number of carbonyl (C=O) groups excluding carboxylic acids is 2. The molecule has 0 aromatic rings. The molecule has 14 nitrogen and oxygen atoms in total. The highest BCUT2D eigenvalue weighted by Crippen LogP contribution is 2.47. The maximum Gasteiger partial charge on any atom is 0.472 e. The number of phosphoric acid groups is 1. The fourth-order valence-corrected chi connectivity index (χ4v) is 7.86. The van der Waals surface area contributed by atoms with Crippen molar-refractivity contribution in [1.29, 1.82) is 0 Å². The third-order valence-corrected chi connectivity index (χ3v) is 11.7. The van der Waals surface area contributed by atoms with Crippen LogP contribution in [-0.2, 0) is 32.7 Å². The van der Waals surface area contributed by atoms with Gasteiger partial charge in [0.2, 0.25) is 0 Å². The zero-order valence-corrected chi connectivity index (χ0v) is 38.7. The molecular formula is C47H83O14P. The van der Waals surface area contributed by atoms with Crippen LogP contribution in [0.2, 0.25) is 0 Å². The summed E-state index contributed by atoms with van der Waals surface area (Å²) in [7, 11) is -5.14. The minimum absolute atomic E-state index is 0.00932. The van der Waals surface area contributed by atoms with E-state index in [1.807, 2.05) is 12.2 Å². The molecule has 62 heavy (non-hydrogen) atoms. The molecule has 1 rings (SSSR count). The first kappa shape index (κ1) is 57.8. The second-order valence-electron chi connectivity index (χ2n) is 16.5. The van der Waals surface area contributed by atoms with E-state index in [1.54, 1.807) is 6.92 Å². The first-order valence-electron chi connectivity index (χ1n) is 23.5. The Hall–Kier alpha value is -2.23. The van der Waals surface area contributed by atoms with Crippen LogP contribution >= 0.6 is 7.82 Å². The topological polar surface area (TPSA) is 230 Å². The van der Waals surface area contributed by atoms with Crippen molar-refractivity contribution < 1.29 is 68.2 Å². The molecule has 0 aromatic carbocycles. The highest BCUT2D eigenvalue weighted by atomic mass is 31.2. The maximum atomic E-state index is 12.8. The average Bonchev–Trinajstić information content (AvgIpc) is 3.24. The zero-order valence-electron chi connectivity index (χ0n) is 37.8. The zero-order chi connectivity index (χ0) is 45.9. The van der Waals surface area contributed by atoms with Crippen LogP contribution < -0.4 is 0 Å². The van der Waals surface area contributed by atoms with Gasteiger partial charge in [-0.25, -0.2) is 4.57 Å². The maximum absolute atomic E-state index is 12.8. The van der Waals surface area contributed by atoms with Gasteiger partial charge < -0.3 is 45.0 Å². The number of aliphatic hydroxyl groups is 6. The van der Waals surface area contributed by atoms with Crippen molar-refractivity contribution in [3.63, 3.8) is 0 Å². The lowest BCUT2D eigenvalue weighted by Gasteiger charge is -2.41. The summed E-state index contributed by atoms with van der Waals surface area (Å²) in [6, 6.07) is 0. The molecule has 0 spiro atoms. The molecule has 7 N–H and O–H groups in total. The third-order valence-electron chi connectivity index (χ3n) is 10.7. The highest BCUT2D eigenvalue weighted by molar-refractivity contribution is 7.47. The van der Waals surface area contributed by atoms with E-state index in [4.69, 9.17) is 18.5 Å². The third kappa shape index (κ3) is 30.0. The van der Waals surface area contributed by atoms with Crippen LogP contribution in [0, 0.1) is 0 Å². The standard InChI is InChI=1S/C47H83O14P/c1-3-4-5-6-7-8-9-10-12-16-19-22-25-28-31-34-40(49)58-36-39(37-59-62(56,57)61-47-45(54)43(52)42(51)44(53)46(47)55)60-41(50)35-32-29-26-23-20-17-14-11-13-15-18-21-24-27-30-33-38(2)48/h13-15,17,21,23-24,26,38-39,42-48,51-55H,3-12,16,18-20,22,25,27-37H2,1-2H3,(H,56,57)/b15-13-,17-14-,24-21-,26-23-/t38-,39+,42?,43-,44+,45+,46+,47?/m0/s1. The number of esters is 2. The SMILES string of the molecule is CCCCCCCCCCCCCCCCCC(=O)OC[C@H](COP(=O)(O)OC1[C@H](O)[C@H](O)C(O)[C@H](O)[C@H]1O)OC(=O)CCC/C=C\C/C=C\C/C=C\C/C=C\CCC[C@H](C)O. The van der Waals surface area contributed by atoms with Gasteiger partial charge in [0, 0.05) is 12.8 Å². The summed E-state index contributed by atoms with van der Waals surface area (Å²) in [4.78, 5) is 35.7. The number of carbonyl (C=O) groups is 2. The average molecular weight is 903 g/mol. The number of aliphatic hydroxyl groups excluding tert-OH is 6. The van der Waals surface area contributed by atoms with Crippen LogP contribution in [0.1, 0.15) is 174 Å². The molecule has 0 heterocycles. The van der Waals surface area contributed by atoms with E-state index < -0.39 is 75.7 Å². The second-order valence-corrected chi connectivity index (χ2v) is 18.0. The van der Waals surface area contributed by atoms with Crippen molar-refractivity contribution in [2.45, 2.75) is 223 Å². The lowest BCUT2D eigenvalue weighted by atomic mass is 9.85. The molecule has 1 aliphatic rings. The fourth-order valence-electron chi connectivity index (χ4n) is 6.89. The molecule has 0 saturated heterocycles. The van der Waals surface area contributed by atoms with E-state index in [1.165, 1.54) is 70.6 Å². The Kier molecular flexibility index (Phi) is 34.5. The molecule has 0 bridgehead atoms. The smallest absolute Gasteiger partial charge is 0.462 e. The van der Waals surface area contributed by atoms with E-state index in [2.05, 4.69) is 43.4 Å². The van der Waals surface area contributed by atoms with Gasteiger partial charge in [-0.15, -0.1) is 0 Å². The van der Waals surface area contributed by atoms with Crippen molar-refractivity contribution in [3.8, 4) is 0 Å². The summed E-state index contributed by atoms with van der Waals surface area (Å²) in [6.45, 7) is 2.81. The lowest BCUT2D eigenvalue weighted by Crippen LogP contribution is -2.64. The molecule has 360 valence electrons. The van der Waals surface area contributed by atoms with Gasteiger partial charge in [-0.05, 0) is 64.7 Å².